The van der Waals surface area contributed by atoms with Crippen LogP contribution in [0, 0.1) is 12.8 Å². The minimum atomic E-state index is -0.548. The molecule has 0 spiro atoms. The van der Waals surface area contributed by atoms with Gasteiger partial charge in [0.2, 0.25) is 0 Å². The van der Waals surface area contributed by atoms with Crippen molar-refractivity contribution in [1.29, 1.82) is 0 Å². The number of aliphatic hydroxyl groups excluding tert-OH is 1. The van der Waals surface area contributed by atoms with E-state index in [-0.39, 0.29) is 23.8 Å². The Morgan fingerprint density at radius 2 is 2.04 bits per heavy atom. The highest BCUT2D eigenvalue weighted by Gasteiger charge is 2.37. The fourth-order valence-electron chi connectivity index (χ4n) is 4.07. The summed E-state index contributed by atoms with van der Waals surface area (Å²) in [4.78, 5) is 15.2. The maximum Gasteiger partial charge on any atom is 0.168 e. The second-order valence-electron chi connectivity index (χ2n) is 7.35. The van der Waals surface area contributed by atoms with E-state index in [4.69, 9.17) is 4.74 Å². The van der Waals surface area contributed by atoms with E-state index in [2.05, 4.69) is 12.2 Å². The van der Waals surface area contributed by atoms with Crippen LogP contribution in [0.1, 0.15) is 39.4 Å². The fourth-order valence-corrected chi connectivity index (χ4v) is 5.13. The van der Waals surface area contributed by atoms with Crippen molar-refractivity contribution < 1.29 is 14.6 Å². The number of hydrogen-bond donors (Lipinski definition) is 2. The lowest BCUT2D eigenvalue weighted by molar-refractivity contribution is 0.0442. The molecule has 0 radical (unpaired) electrons. The van der Waals surface area contributed by atoms with Crippen molar-refractivity contribution in [2.75, 3.05) is 6.54 Å². The normalized spacial score (nSPS) is 28.2. The summed E-state index contributed by atoms with van der Waals surface area (Å²) in [6.07, 6.45) is 2.82. The Morgan fingerprint density at radius 3 is 2.85 bits per heavy atom. The molecule has 2 N–H and O–H groups in total. The van der Waals surface area contributed by atoms with Crippen molar-refractivity contribution in [3.8, 4) is 5.75 Å². The van der Waals surface area contributed by atoms with Gasteiger partial charge in [-0.3, -0.25) is 4.79 Å². The number of aliphatic hydroxyl groups is 1. The van der Waals surface area contributed by atoms with Crippen LogP contribution < -0.4 is 10.1 Å². The standard InChI is InChI=1S/C21H25NO3S/c1-13-11-16-19(26-13)10-7-14(20(16)23)12-22-17-8-9-18(21(17)24)25-15-5-3-2-4-6-15/h2-6,11,14,17-18,21-22,24H,7-10,12H2,1H3/t14?,17-,18-,21-/m0/s1. The number of benzene rings is 1. The molecule has 1 unspecified atom stereocenters. The first-order chi connectivity index (χ1) is 12.6. The zero-order valence-electron chi connectivity index (χ0n) is 15.0. The smallest absolute Gasteiger partial charge is 0.168 e. The minimum Gasteiger partial charge on any atom is -0.488 e. The lowest BCUT2D eigenvalue weighted by Crippen LogP contribution is -2.44. The Hall–Kier alpha value is -1.69. The lowest BCUT2D eigenvalue weighted by atomic mass is 9.87. The first-order valence-electron chi connectivity index (χ1n) is 9.38. The van der Waals surface area contributed by atoms with Crippen LogP contribution in [0.5, 0.6) is 5.75 Å². The van der Waals surface area contributed by atoms with E-state index in [0.29, 0.717) is 6.54 Å². The Bertz CT molecular complexity index is 773. The van der Waals surface area contributed by atoms with Crippen LogP contribution in [0.3, 0.4) is 0 Å². The number of carbonyl (C=O) groups is 1. The molecule has 2 aliphatic rings. The molecule has 4 rings (SSSR count). The van der Waals surface area contributed by atoms with Gasteiger partial charge in [-0.15, -0.1) is 11.3 Å². The monoisotopic (exact) mass is 371 g/mol. The van der Waals surface area contributed by atoms with Gasteiger partial charge in [0.05, 0.1) is 0 Å². The first-order valence-corrected chi connectivity index (χ1v) is 10.2. The highest BCUT2D eigenvalue weighted by molar-refractivity contribution is 7.12. The van der Waals surface area contributed by atoms with Crippen molar-refractivity contribution in [3.05, 3.63) is 51.7 Å². The van der Waals surface area contributed by atoms with E-state index in [1.807, 2.05) is 36.4 Å². The van der Waals surface area contributed by atoms with Crippen LogP contribution in [0.15, 0.2) is 36.4 Å². The van der Waals surface area contributed by atoms with Gasteiger partial charge in [-0.05, 0) is 50.8 Å². The number of fused-ring (bicyclic) bond motifs is 1. The fraction of sp³-hybridized carbons (Fsp3) is 0.476. The third-order valence-corrected chi connectivity index (χ3v) is 6.61. The maximum absolute atomic E-state index is 12.7. The van der Waals surface area contributed by atoms with E-state index < -0.39 is 6.10 Å². The zero-order chi connectivity index (χ0) is 18.1. The average molecular weight is 372 g/mol. The third-order valence-electron chi connectivity index (χ3n) is 5.50. The van der Waals surface area contributed by atoms with Crippen molar-refractivity contribution in [3.63, 3.8) is 0 Å². The highest BCUT2D eigenvalue weighted by atomic mass is 32.1. The summed E-state index contributed by atoms with van der Waals surface area (Å²) in [5.74, 6) is 1.06. The summed E-state index contributed by atoms with van der Waals surface area (Å²) in [5.41, 5.74) is 0.919. The van der Waals surface area contributed by atoms with E-state index in [9.17, 15) is 9.90 Å². The maximum atomic E-state index is 12.7. The number of rotatable bonds is 5. The van der Waals surface area contributed by atoms with Crippen LogP contribution >= 0.6 is 11.3 Å². The van der Waals surface area contributed by atoms with Crippen LogP contribution in [-0.2, 0) is 6.42 Å². The molecule has 138 valence electrons. The molecule has 1 fully saturated rings. The highest BCUT2D eigenvalue weighted by Crippen LogP contribution is 2.32. The molecule has 1 aromatic carbocycles. The number of para-hydroxylation sites is 1. The third kappa shape index (κ3) is 3.56. The van der Waals surface area contributed by atoms with Gasteiger partial charge in [-0.1, -0.05) is 18.2 Å². The first kappa shape index (κ1) is 17.7. The summed E-state index contributed by atoms with van der Waals surface area (Å²) >= 11 is 1.74. The summed E-state index contributed by atoms with van der Waals surface area (Å²) in [6.45, 7) is 2.69. The van der Waals surface area contributed by atoms with Crippen molar-refractivity contribution >= 4 is 17.1 Å². The largest absolute Gasteiger partial charge is 0.488 e. The van der Waals surface area contributed by atoms with Gasteiger partial charge < -0.3 is 15.2 Å². The minimum absolute atomic E-state index is 0.0118. The molecule has 26 heavy (non-hydrogen) atoms. The molecule has 1 heterocycles. The summed E-state index contributed by atoms with van der Waals surface area (Å²) < 4.78 is 5.92. The van der Waals surface area contributed by atoms with Gasteiger partial charge >= 0.3 is 0 Å². The number of thiophene rings is 1. The number of ether oxygens (including phenoxy) is 1. The van der Waals surface area contributed by atoms with Gasteiger partial charge in [0.15, 0.2) is 5.78 Å². The van der Waals surface area contributed by atoms with E-state index in [1.54, 1.807) is 11.3 Å². The SMILES string of the molecule is Cc1cc2c(s1)CCC(CN[C@H]1CC[C@H](Oc3ccccc3)[C@H]1O)C2=O. The van der Waals surface area contributed by atoms with Crippen molar-refractivity contribution in [1.82, 2.24) is 5.32 Å². The number of nitrogens with one attached hydrogen (secondary N) is 1. The van der Waals surface area contributed by atoms with Gasteiger partial charge in [0.1, 0.15) is 18.0 Å². The quantitative estimate of drug-likeness (QED) is 0.846. The van der Waals surface area contributed by atoms with Gasteiger partial charge in [-0.2, -0.15) is 0 Å². The molecule has 1 saturated carbocycles. The van der Waals surface area contributed by atoms with Crippen LogP contribution in [0.4, 0.5) is 0 Å². The summed E-state index contributed by atoms with van der Waals surface area (Å²) in [5, 5.41) is 14.0. The molecular formula is C21H25NO3S. The van der Waals surface area contributed by atoms with Gasteiger partial charge in [-0.25, -0.2) is 0 Å². The Balaban J connectivity index is 1.32. The predicted molar refractivity (Wildman–Crippen MR) is 103 cm³/mol. The van der Waals surface area contributed by atoms with E-state index >= 15 is 0 Å². The molecule has 2 aromatic rings. The molecule has 4 nitrogen and oxygen atoms in total. The van der Waals surface area contributed by atoms with Crippen molar-refractivity contribution in [2.24, 2.45) is 5.92 Å². The van der Waals surface area contributed by atoms with Crippen molar-refractivity contribution in [2.45, 2.75) is 50.9 Å². The van der Waals surface area contributed by atoms with E-state index in [0.717, 1.165) is 37.0 Å². The molecule has 0 aliphatic heterocycles. The van der Waals surface area contributed by atoms with E-state index in [1.165, 1.54) is 9.75 Å². The molecule has 0 amide bonds. The topological polar surface area (TPSA) is 58.6 Å². The zero-order valence-corrected chi connectivity index (χ0v) is 15.8. The molecule has 0 bridgehead atoms. The Labute approximate surface area is 158 Å². The Kier molecular flexibility index (Phi) is 5.11. The second-order valence-corrected chi connectivity index (χ2v) is 8.69. The lowest BCUT2D eigenvalue weighted by Gasteiger charge is -2.25. The number of hydrogen-bond acceptors (Lipinski definition) is 5. The summed E-state index contributed by atoms with van der Waals surface area (Å²) in [6, 6.07) is 11.7. The van der Waals surface area contributed by atoms with Crippen LogP contribution in [0.2, 0.25) is 0 Å². The summed E-state index contributed by atoms with van der Waals surface area (Å²) in [7, 11) is 0. The number of aryl methyl sites for hydroxylation is 2. The molecule has 5 heteroatoms. The number of ketones is 1. The number of carbonyl (C=O) groups excluding carboxylic acids is 1. The van der Waals surface area contributed by atoms with Crippen LogP contribution in [-0.4, -0.2) is 35.7 Å². The van der Waals surface area contributed by atoms with Gasteiger partial charge in [0, 0.05) is 33.8 Å². The molecule has 0 saturated heterocycles. The molecule has 4 atom stereocenters. The average Bonchev–Trinajstić information content (AvgIpc) is 3.19. The number of Topliss-reactive ketones (excluding diaryl/α,β-unsaturated/α-hetero) is 1. The van der Waals surface area contributed by atoms with Crippen LogP contribution in [0.25, 0.3) is 0 Å². The predicted octanol–water partition coefficient (Wildman–Crippen LogP) is 3.36. The Morgan fingerprint density at radius 1 is 1.23 bits per heavy atom. The second kappa shape index (κ2) is 7.51. The molecular weight excluding hydrogens is 346 g/mol. The van der Waals surface area contributed by atoms with Gasteiger partial charge in [0.25, 0.3) is 0 Å². The molecule has 2 aliphatic carbocycles. The molecule has 1 aromatic heterocycles.